The fourth-order valence-corrected chi connectivity index (χ4v) is 0.398. The van der Waals surface area contributed by atoms with Gasteiger partial charge < -0.3 is 4.52 Å². The molecule has 0 spiro atoms. The Bertz CT molecular complexity index is 115. The van der Waals surface area contributed by atoms with Gasteiger partial charge in [0.1, 0.15) is 0 Å². The van der Waals surface area contributed by atoms with Crippen molar-refractivity contribution in [2.75, 3.05) is 0 Å². The number of aromatic nitrogens is 2. The van der Waals surface area contributed by atoms with Crippen LogP contribution >= 0.6 is 22.6 Å². The van der Waals surface area contributed by atoms with Crippen LogP contribution in [0.5, 0.6) is 0 Å². The van der Waals surface area contributed by atoms with Gasteiger partial charge in [0, 0.05) is 22.6 Å². The maximum absolute atomic E-state index is 4.46. The third-order valence-corrected chi connectivity index (χ3v) is 0.810. The standard InChI is InChI=1S/C2HIN2O/c3-2-4-1-5-6-2/h1H. The molecule has 6 heavy (non-hydrogen) atoms. The first-order valence-electron chi connectivity index (χ1n) is 1.32. The number of halogens is 1. The topological polar surface area (TPSA) is 38.9 Å². The lowest BCUT2D eigenvalue weighted by molar-refractivity contribution is 0.393. The minimum atomic E-state index is 0.576. The smallest absolute Gasteiger partial charge is 0.286 e. The molecule has 0 bridgehead atoms. The average Bonchev–Trinajstić information content (AvgIpc) is 1.86. The molecule has 3 nitrogen and oxygen atoms in total. The highest BCUT2D eigenvalue weighted by Crippen LogP contribution is 1.92. The molecule has 1 aromatic rings. The van der Waals surface area contributed by atoms with E-state index in [1.165, 1.54) is 6.33 Å². The van der Waals surface area contributed by atoms with Crippen molar-refractivity contribution in [2.45, 2.75) is 0 Å². The van der Waals surface area contributed by atoms with Gasteiger partial charge in [0.15, 0.2) is 6.33 Å². The zero-order chi connectivity index (χ0) is 4.41. The summed E-state index contributed by atoms with van der Waals surface area (Å²) in [6.45, 7) is 0. The van der Waals surface area contributed by atoms with E-state index in [1.807, 2.05) is 22.6 Å². The molecule has 4 heteroatoms. The highest BCUT2D eigenvalue weighted by atomic mass is 127. The van der Waals surface area contributed by atoms with E-state index >= 15 is 0 Å². The summed E-state index contributed by atoms with van der Waals surface area (Å²) in [4.78, 5) is 3.63. The second kappa shape index (κ2) is 1.55. The van der Waals surface area contributed by atoms with E-state index in [1.54, 1.807) is 0 Å². The Hall–Kier alpha value is -0.130. The van der Waals surface area contributed by atoms with Crippen LogP contribution in [0.2, 0.25) is 0 Å². The maximum Gasteiger partial charge on any atom is 0.286 e. The van der Waals surface area contributed by atoms with E-state index in [9.17, 15) is 0 Å². The van der Waals surface area contributed by atoms with Crippen LogP contribution in [0, 0.1) is 3.90 Å². The van der Waals surface area contributed by atoms with Crippen molar-refractivity contribution in [1.82, 2.24) is 10.1 Å². The second-order valence-electron chi connectivity index (χ2n) is 0.694. The molecule has 0 aliphatic rings. The van der Waals surface area contributed by atoms with Gasteiger partial charge in [-0.1, -0.05) is 5.16 Å². The molecule has 0 aliphatic heterocycles. The monoisotopic (exact) mass is 196 g/mol. The lowest BCUT2D eigenvalue weighted by Gasteiger charge is -1.60. The largest absolute Gasteiger partial charge is 0.328 e. The van der Waals surface area contributed by atoms with Crippen LogP contribution in [0.4, 0.5) is 0 Å². The molecule has 0 atom stereocenters. The van der Waals surface area contributed by atoms with Gasteiger partial charge >= 0.3 is 0 Å². The van der Waals surface area contributed by atoms with Crippen LogP contribution in [0.15, 0.2) is 10.9 Å². The zero-order valence-electron chi connectivity index (χ0n) is 2.76. The first-order chi connectivity index (χ1) is 2.89. The minimum Gasteiger partial charge on any atom is -0.328 e. The van der Waals surface area contributed by atoms with Crippen molar-refractivity contribution in [1.29, 1.82) is 0 Å². The number of hydrogen-bond donors (Lipinski definition) is 0. The summed E-state index contributed by atoms with van der Waals surface area (Å²) in [5, 5.41) is 3.33. The van der Waals surface area contributed by atoms with E-state index in [0.717, 1.165) is 0 Å². The Morgan fingerprint density at radius 2 is 2.67 bits per heavy atom. The molecule has 0 unspecified atom stereocenters. The highest BCUT2D eigenvalue weighted by Gasteiger charge is 1.82. The summed E-state index contributed by atoms with van der Waals surface area (Å²) in [6, 6.07) is 0. The second-order valence-corrected chi connectivity index (χ2v) is 1.62. The van der Waals surface area contributed by atoms with Crippen LogP contribution in [0.3, 0.4) is 0 Å². The molecule has 32 valence electrons. The van der Waals surface area contributed by atoms with Crippen LogP contribution in [0.1, 0.15) is 0 Å². The molecule has 1 rings (SSSR count). The zero-order valence-corrected chi connectivity index (χ0v) is 4.92. The lowest BCUT2D eigenvalue weighted by atomic mass is 11.3. The number of rotatable bonds is 0. The minimum absolute atomic E-state index is 0.576. The SMILES string of the molecule is Ic1ncno1. The molecule has 0 saturated heterocycles. The van der Waals surface area contributed by atoms with Gasteiger partial charge in [-0.3, -0.25) is 0 Å². The molecular weight excluding hydrogens is 195 g/mol. The van der Waals surface area contributed by atoms with Gasteiger partial charge in [-0.2, -0.15) is 4.98 Å². The fraction of sp³-hybridized carbons (Fsp3) is 0. The summed E-state index contributed by atoms with van der Waals surface area (Å²) >= 11 is 1.93. The molecule has 0 radical (unpaired) electrons. The Balaban J connectivity index is 3.05. The fourth-order valence-electron chi connectivity index (χ4n) is 0.160. The van der Waals surface area contributed by atoms with E-state index < -0.39 is 0 Å². The molecule has 1 aromatic heterocycles. The first-order valence-corrected chi connectivity index (χ1v) is 2.39. The summed E-state index contributed by atoms with van der Waals surface area (Å²) in [5.41, 5.74) is 0. The molecular formula is C2HIN2O. The molecule has 0 fully saturated rings. The Labute approximate surface area is 47.9 Å². The van der Waals surface area contributed by atoms with Gasteiger partial charge in [-0.15, -0.1) is 0 Å². The first kappa shape index (κ1) is 4.04. The van der Waals surface area contributed by atoms with Crippen LogP contribution < -0.4 is 0 Å². The van der Waals surface area contributed by atoms with E-state index in [0.29, 0.717) is 3.90 Å². The molecule has 0 aromatic carbocycles. The molecule has 0 saturated carbocycles. The quantitative estimate of drug-likeness (QED) is 0.572. The third kappa shape index (κ3) is 0.675. The third-order valence-electron chi connectivity index (χ3n) is 0.334. The Morgan fingerprint density at radius 1 is 1.83 bits per heavy atom. The predicted molar refractivity (Wildman–Crippen MR) is 27.0 cm³/mol. The summed E-state index contributed by atoms with van der Waals surface area (Å²) in [5.74, 6) is 0. The van der Waals surface area contributed by atoms with Gasteiger partial charge in [0.2, 0.25) is 0 Å². The van der Waals surface area contributed by atoms with E-state index in [4.69, 9.17) is 0 Å². The summed E-state index contributed by atoms with van der Waals surface area (Å²) in [7, 11) is 0. The number of hydrogen-bond acceptors (Lipinski definition) is 3. The van der Waals surface area contributed by atoms with Gasteiger partial charge in [0.05, 0.1) is 0 Å². The van der Waals surface area contributed by atoms with Crippen molar-refractivity contribution < 1.29 is 4.52 Å². The normalized spacial score (nSPS) is 8.83. The van der Waals surface area contributed by atoms with Crippen molar-refractivity contribution in [2.24, 2.45) is 0 Å². The summed E-state index contributed by atoms with van der Waals surface area (Å²) in [6.07, 6.45) is 1.36. The van der Waals surface area contributed by atoms with Crippen LogP contribution in [-0.4, -0.2) is 10.1 Å². The van der Waals surface area contributed by atoms with Crippen molar-refractivity contribution in [3.63, 3.8) is 0 Å². The maximum atomic E-state index is 4.46. The Kier molecular flexibility index (Phi) is 1.04. The molecule has 1 heterocycles. The van der Waals surface area contributed by atoms with Crippen molar-refractivity contribution in [3.05, 3.63) is 10.2 Å². The van der Waals surface area contributed by atoms with E-state index in [-0.39, 0.29) is 0 Å². The van der Waals surface area contributed by atoms with Crippen molar-refractivity contribution in [3.8, 4) is 0 Å². The lowest BCUT2D eigenvalue weighted by Crippen LogP contribution is -1.57. The highest BCUT2D eigenvalue weighted by molar-refractivity contribution is 14.1. The number of nitrogens with zero attached hydrogens (tertiary/aromatic N) is 2. The average molecular weight is 196 g/mol. The predicted octanol–water partition coefficient (Wildman–Crippen LogP) is 0.674. The van der Waals surface area contributed by atoms with E-state index in [2.05, 4.69) is 14.7 Å². The Morgan fingerprint density at radius 3 is 2.83 bits per heavy atom. The van der Waals surface area contributed by atoms with Gasteiger partial charge in [-0.05, 0) is 0 Å². The van der Waals surface area contributed by atoms with Gasteiger partial charge in [-0.25, -0.2) is 0 Å². The van der Waals surface area contributed by atoms with Crippen LogP contribution in [-0.2, 0) is 0 Å². The molecule has 0 amide bonds. The summed E-state index contributed by atoms with van der Waals surface area (Å²) < 4.78 is 5.04. The van der Waals surface area contributed by atoms with Gasteiger partial charge in [0.25, 0.3) is 3.90 Å². The molecule has 0 aliphatic carbocycles. The van der Waals surface area contributed by atoms with Crippen LogP contribution in [0.25, 0.3) is 0 Å². The molecule has 0 N–H and O–H groups in total. The van der Waals surface area contributed by atoms with Crippen molar-refractivity contribution >= 4 is 22.6 Å².